The van der Waals surface area contributed by atoms with Crippen molar-refractivity contribution in [3.63, 3.8) is 0 Å². The highest BCUT2D eigenvalue weighted by molar-refractivity contribution is 6.31. The summed E-state index contributed by atoms with van der Waals surface area (Å²) < 4.78 is 7.61. The average molecular weight is 279 g/mol. The molecule has 0 fully saturated rings. The van der Waals surface area contributed by atoms with E-state index in [1.807, 2.05) is 26.1 Å². The van der Waals surface area contributed by atoms with Crippen molar-refractivity contribution < 1.29 is 4.74 Å². The molecule has 0 radical (unpaired) electrons. The van der Waals surface area contributed by atoms with Crippen LogP contribution in [0, 0.1) is 0 Å². The largest absolute Gasteiger partial charge is 0.487 e. The van der Waals surface area contributed by atoms with Gasteiger partial charge in [0, 0.05) is 7.05 Å². The Hall–Kier alpha value is -1.48. The molecule has 2 rings (SSSR count). The lowest BCUT2D eigenvalue weighted by molar-refractivity contribution is 0.294. The molecule has 0 aliphatic heterocycles. The summed E-state index contributed by atoms with van der Waals surface area (Å²) in [5.74, 6) is 0.870. The van der Waals surface area contributed by atoms with E-state index in [4.69, 9.17) is 16.3 Å². The number of hydrogen-bond donors (Lipinski definition) is 0. The number of nitrogens with zero attached hydrogens (tertiary/aromatic N) is 2. The van der Waals surface area contributed by atoms with Crippen LogP contribution in [0.25, 0.3) is 0 Å². The first-order valence-electron chi connectivity index (χ1n) is 6.57. The highest BCUT2D eigenvalue weighted by Crippen LogP contribution is 2.23. The predicted octanol–water partition coefficient (Wildman–Crippen LogP) is 3.78. The Morgan fingerprint density at radius 2 is 2.05 bits per heavy atom. The maximum atomic E-state index is 6.29. The third-order valence-electron chi connectivity index (χ3n) is 3.19. The van der Waals surface area contributed by atoms with Crippen LogP contribution in [-0.4, -0.2) is 9.78 Å². The predicted molar refractivity (Wildman–Crippen MR) is 77.7 cm³/mol. The van der Waals surface area contributed by atoms with Crippen LogP contribution in [0.15, 0.2) is 24.3 Å². The van der Waals surface area contributed by atoms with Gasteiger partial charge < -0.3 is 4.74 Å². The molecule has 2 aromatic rings. The van der Waals surface area contributed by atoms with Crippen LogP contribution in [0.5, 0.6) is 5.75 Å². The van der Waals surface area contributed by atoms with E-state index in [9.17, 15) is 0 Å². The maximum Gasteiger partial charge on any atom is 0.131 e. The van der Waals surface area contributed by atoms with Gasteiger partial charge >= 0.3 is 0 Å². The van der Waals surface area contributed by atoms with Gasteiger partial charge in [0.05, 0.1) is 16.4 Å². The number of rotatable bonds is 5. The van der Waals surface area contributed by atoms with E-state index in [2.05, 4.69) is 24.2 Å². The average Bonchev–Trinajstić information content (AvgIpc) is 2.71. The van der Waals surface area contributed by atoms with Crippen molar-refractivity contribution >= 4 is 11.6 Å². The zero-order valence-corrected chi connectivity index (χ0v) is 12.4. The standard InChI is InChI=1S/C15H19ClN2O/c1-4-11-7-6-8-12(9-11)19-10-14-15(16)13(5-2)17-18(14)3/h6-9H,4-5,10H2,1-3H3. The molecule has 0 saturated heterocycles. The van der Waals surface area contributed by atoms with Crippen molar-refractivity contribution in [3.8, 4) is 5.75 Å². The molecule has 0 amide bonds. The van der Waals surface area contributed by atoms with Gasteiger partial charge in [-0.05, 0) is 30.5 Å². The van der Waals surface area contributed by atoms with Crippen molar-refractivity contribution in [1.82, 2.24) is 9.78 Å². The van der Waals surface area contributed by atoms with Gasteiger partial charge in [0.1, 0.15) is 12.4 Å². The van der Waals surface area contributed by atoms with Gasteiger partial charge in [0.15, 0.2) is 0 Å². The summed E-state index contributed by atoms with van der Waals surface area (Å²) in [7, 11) is 1.90. The smallest absolute Gasteiger partial charge is 0.131 e. The lowest BCUT2D eigenvalue weighted by Crippen LogP contribution is -2.03. The van der Waals surface area contributed by atoms with E-state index in [0.29, 0.717) is 6.61 Å². The van der Waals surface area contributed by atoms with Crippen molar-refractivity contribution in [1.29, 1.82) is 0 Å². The summed E-state index contributed by atoms with van der Waals surface area (Å²) in [5.41, 5.74) is 3.10. The van der Waals surface area contributed by atoms with Crippen LogP contribution in [0.4, 0.5) is 0 Å². The minimum Gasteiger partial charge on any atom is -0.487 e. The molecule has 0 spiro atoms. The molecular formula is C15H19ClN2O. The fourth-order valence-corrected chi connectivity index (χ4v) is 2.33. The lowest BCUT2D eigenvalue weighted by atomic mass is 10.2. The molecule has 0 aliphatic rings. The molecule has 102 valence electrons. The number of aromatic nitrogens is 2. The van der Waals surface area contributed by atoms with Crippen LogP contribution in [0.1, 0.15) is 30.8 Å². The Morgan fingerprint density at radius 3 is 2.68 bits per heavy atom. The molecular weight excluding hydrogens is 260 g/mol. The van der Waals surface area contributed by atoms with E-state index < -0.39 is 0 Å². The Labute approximate surface area is 119 Å². The Kier molecular flexibility index (Phi) is 4.48. The second-order valence-electron chi connectivity index (χ2n) is 4.47. The van der Waals surface area contributed by atoms with Gasteiger partial charge in [0.25, 0.3) is 0 Å². The molecule has 1 aromatic heterocycles. The number of aryl methyl sites for hydroxylation is 3. The van der Waals surface area contributed by atoms with E-state index in [1.165, 1.54) is 5.56 Å². The van der Waals surface area contributed by atoms with Crippen molar-refractivity contribution in [2.75, 3.05) is 0 Å². The van der Waals surface area contributed by atoms with Gasteiger partial charge in [-0.25, -0.2) is 0 Å². The molecule has 0 bridgehead atoms. The SMILES string of the molecule is CCc1cccc(OCc2c(Cl)c(CC)nn2C)c1. The molecule has 0 saturated carbocycles. The fraction of sp³-hybridized carbons (Fsp3) is 0.400. The molecule has 0 unspecified atom stereocenters. The first kappa shape index (κ1) is 13.9. The second kappa shape index (κ2) is 6.11. The highest BCUT2D eigenvalue weighted by atomic mass is 35.5. The topological polar surface area (TPSA) is 27.1 Å². The molecule has 19 heavy (non-hydrogen) atoms. The zero-order chi connectivity index (χ0) is 13.8. The third kappa shape index (κ3) is 3.10. The Balaban J connectivity index is 2.12. The molecule has 1 heterocycles. The molecule has 0 atom stereocenters. The van der Waals surface area contributed by atoms with Crippen molar-refractivity contribution in [2.45, 2.75) is 33.3 Å². The summed E-state index contributed by atoms with van der Waals surface area (Å²) >= 11 is 6.29. The number of ether oxygens (including phenoxy) is 1. The maximum absolute atomic E-state index is 6.29. The molecule has 4 heteroatoms. The first-order valence-corrected chi connectivity index (χ1v) is 6.95. The third-order valence-corrected chi connectivity index (χ3v) is 3.62. The van der Waals surface area contributed by atoms with E-state index in [1.54, 1.807) is 4.68 Å². The van der Waals surface area contributed by atoms with Crippen molar-refractivity contribution in [2.24, 2.45) is 7.05 Å². The van der Waals surface area contributed by atoms with Gasteiger partial charge in [-0.3, -0.25) is 4.68 Å². The van der Waals surface area contributed by atoms with Gasteiger partial charge in [0.2, 0.25) is 0 Å². The molecule has 1 aromatic carbocycles. The normalized spacial score (nSPS) is 10.7. The Morgan fingerprint density at radius 1 is 1.26 bits per heavy atom. The monoisotopic (exact) mass is 278 g/mol. The summed E-state index contributed by atoms with van der Waals surface area (Å²) in [5, 5.41) is 5.10. The summed E-state index contributed by atoms with van der Waals surface area (Å²) in [6.07, 6.45) is 1.83. The first-order chi connectivity index (χ1) is 9.15. The van der Waals surface area contributed by atoms with E-state index in [0.717, 1.165) is 35.0 Å². The summed E-state index contributed by atoms with van der Waals surface area (Å²) in [6, 6.07) is 8.13. The van der Waals surface area contributed by atoms with Crippen LogP contribution in [0.2, 0.25) is 5.02 Å². The van der Waals surface area contributed by atoms with Crippen LogP contribution < -0.4 is 4.74 Å². The number of benzene rings is 1. The lowest BCUT2D eigenvalue weighted by Gasteiger charge is -2.08. The number of halogens is 1. The van der Waals surface area contributed by atoms with Gasteiger partial charge in [-0.1, -0.05) is 37.6 Å². The Bertz CT molecular complexity index is 563. The second-order valence-corrected chi connectivity index (χ2v) is 4.85. The van der Waals surface area contributed by atoms with Crippen LogP contribution in [-0.2, 0) is 26.5 Å². The van der Waals surface area contributed by atoms with Crippen LogP contribution >= 0.6 is 11.6 Å². The summed E-state index contributed by atoms with van der Waals surface area (Å²) in [6.45, 7) is 4.61. The number of hydrogen-bond acceptors (Lipinski definition) is 2. The van der Waals surface area contributed by atoms with E-state index in [-0.39, 0.29) is 0 Å². The van der Waals surface area contributed by atoms with Crippen molar-refractivity contribution in [3.05, 3.63) is 46.2 Å². The minimum atomic E-state index is 0.440. The van der Waals surface area contributed by atoms with Gasteiger partial charge in [-0.2, -0.15) is 5.10 Å². The minimum absolute atomic E-state index is 0.440. The van der Waals surface area contributed by atoms with E-state index >= 15 is 0 Å². The fourth-order valence-electron chi connectivity index (χ4n) is 1.98. The molecule has 0 aliphatic carbocycles. The van der Waals surface area contributed by atoms with Crippen LogP contribution in [0.3, 0.4) is 0 Å². The zero-order valence-electron chi connectivity index (χ0n) is 11.6. The summed E-state index contributed by atoms with van der Waals surface area (Å²) in [4.78, 5) is 0. The molecule has 3 nitrogen and oxygen atoms in total. The quantitative estimate of drug-likeness (QED) is 0.832. The highest BCUT2D eigenvalue weighted by Gasteiger charge is 2.13. The van der Waals surface area contributed by atoms with Gasteiger partial charge in [-0.15, -0.1) is 0 Å². The molecule has 0 N–H and O–H groups in total.